The van der Waals surface area contributed by atoms with Gasteiger partial charge >= 0.3 is 0 Å². The zero-order chi connectivity index (χ0) is 14.6. The number of hydrogen-bond donors (Lipinski definition) is 2. The van der Waals surface area contributed by atoms with E-state index in [-0.39, 0.29) is 22.1 Å². The lowest BCUT2D eigenvalue weighted by Crippen LogP contribution is -2.13. The molecule has 0 aliphatic rings. The number of nitrogens with two attached hydrogens (primary N) is 1. The summed E-state index contributed by atoms with van der Waals surface area (Å²) in [7, 11) is -3.86. The van der Waals surface area contributed by atoms with E-state index in [0.717, 1.165) is 17.4 Å². The van der Waals surface area contributed by atoms with Crippen molar-refractivity contribution in [3.63, 3.8) is 0 Å². The molecule has 1 aromatic heterocycles. The summed E-state index contributed by atoms with van der Waals surface area (Å²) in [6.45, 7) is 0.102. The van der Waals surface area contributed by atoms with E-state index in [1.165, 1.54) is 18.3 Å². The molecular weight excluding hydrogens is 301 g/mol. The number of nitrogens with one attached hydrogen (secondary N) is 1. The van der Waals surface area contributed by atoms with Gasteiger partial charge in [-0.05, 0) is 18.2 Å². The van der Waals surface area contributed by atoms with Crippen LogP contribution in [0.4, 0.5) is 9.52 Å². The van der Waals surface area contributed by atoms with Gasteiger partial charge in [0.05, 0.1) is 17.0 Å². The maximum atomic E-state index is 13.7. The van der Waals surface area contributed by atoms with Gasteiger partial charge in [-0.2, -0.15) is 0 Å². The lowest BCUT2D eigenvalue weighted by atomic mass is 10.2. The highest BCUT2D eigenvalue weighted by Crippen LogP contribution is 2.19. The van der Waals surface area contributed by atoms with Crippen molar-refractivity contribution in [1.29, 1.82) is 0 Å². The molecule has 0 aliphatic heterocycles. The van der Waals surface area contributed by atoms with Gasteiger partial charge in [0, 0.05) is 11.6 Å². The van der Waals surface area contributed by atoms with Gasteiger partial charge in [0.15, 0.2) is 5.13 Å². The van der Waals surface area contributed by atoms with Crippen LogP contribution in [0.3, 0.4) is 0 Å². The van der Waals surface area contributed by atoms with Crippen LogP contribution in [-0.4, -0.2) is 19.9 Å². The van der Waals surface area contributed by atoms with Gasteiger partial charge in [-0.1, -0.05) is 11.8 Å². The lowest BCUT2D eigenvalue weighted by molar-refractivity contribution is 0.594. The Morgan fingerprint density at radius 3 is 2.85 bits per heavy atom. The summed E-state index contributed by atoms with van der Waals surface area (Å²) in [5.41, 5.74) is 5.29. The molecular formula is C12H10FN3O2S2. The Hall–Kier alpha value is -1.95. The molecule has 0 amide bonds. The summed E-state index contributed by atoms with van der Waals surface area (Å²) in [4.78, 5) is 3.61. The van der Waals surface area contributed by atoms with E-state index in [1.54, 1.807) is 5.38 Å². The molecule has 0 fully saturated rings. The Bertz CT molecular complexity index is 762. The second-order valence-corrected chi connectivity index (χ2v) is 6.17. The van der Waals surface area contributed by atoms with Crippen LogP contribution in [0.15, 0.2) is 34.7 Å². The first-order valence-electron chi connectivity index (χ1n) is 5.44. The van der Waals surface area contributed by atoms with Crippen LogP contribution in [0, 0.1) is 17.7 Å². The zero-order valence-electron chi connectivity index (χ0n) is 10.1. The largest absolute Gasteiger partial charge is 0.320 e. The molecule has 0 aliphatic carbocycles. The summed E-state index contributed by atoms with van der Waals surface area (Å²) in [6.07, 6.45) is 1.47. The molecule has 0 spiro atoms. The molecule has 8 heteroatoms. The number of anilines is 1. The molecule has 1 aromatic carbocycles. The van der Waals surface area contributed by atoms with E-state index in [4.69, 9.17) is 5.73 Å². The van der Waals surface area contributed by atoms with Gasteiger partial charge in [-0.3, -0.25) is 4.72 Å². The predicted octanol–water partition coefficient (Wildman–Crippen LogP) is 1.39. The number of halogens is 1. The average Bonchev–Trinajstić information content (AvgIpc) is 2.89. The highest BCUT2D eigenvalue weighted by atomic mass is 32.2. The molecule has 0 radical (unpaired) electrons. The highest BCUT2D eigenvalue weighted by Gasteiger charge is 2.17. The van der Waals surface area contributed by atoms with Crippen molar-refractivity contribution in [3.8, 4) is 11.8 Å². The first kappa shape index (κ1) is 14.5. The average molecular weight is 311 g/mol. The molecule has 0 bridgehead atoms. The number of rotatable bonds is 3. The van der Waals surface area contributed by atoms with Crippen molar-refractivity contribution >= 4 is 26.5 Å². The second kappa shape index (κ2) is 6.00. The van der Waals surface area contributed by atoms with Crippen LogP contribution in [-0.2, 0) is 10.0 Å². The molecule has 2 aromatic rings. The monoisotopic (exact) mass is 311 g/mol. The van der Waals surface area contributed by atoms with E-state index in [2.05, 4.69) is 21.5 Å². The smallest absolute Gasteiger partial charge is 0.263 e. The molecule has 3 N–H and O–H groups in total. The third-order valence-corrected chi connectivity index (χ3v) is 4.38. The number of sulfonamides is 1. The number of hydrogen-bond acceptors (Lipinski definition) is 5. The molecule has 2 rings (SSSR count). The van der Waals surface area contributed by atoms with Gasteiger partial charge in [0.25, 0.3) is 10.0 Å². The van der Waals surface area contributed by atoms with Crippen LogP contribution in [0.2, 0.25) is 0 Å². The normalized spacial score (nSPS) is 10.7. The van der Waals surface area contributed by atoms with Crippen molar-refractivity contribution in [2.45, 2.75) is 4.90 Å². The van der Waals surface area contributed by atoms with E-state index in [1.807, 2.05) is 0 Å². The van der Waals surface area contributed by atoms with Crippen molar-refractivity contribution in [1.82, 2.24) is 4.98 Å². The molecule has 5 nitrogen and oxygen atoms in total. The quantitative estimate of drug-likeness (QED) is 0.839. The fourth-order valence-electron chi connectivity index (χ4n) is 1.36. The SMILES string of the molecule is NCC#Cc1ccc(S(=O)(=O)Nc2nccs2)cc1F. The molecule has 1 heterocycles. The minimum absolute atomic E-state index is 0.101. The fourth-order valence-corrected chi connectivity index (χ4v) is 3.16. The fraction of sp³-hybridized carbons (Fsp3) is 0.0833. The molecule has 0 saturated carbocycles. The molecule has 0 saturated heterocycles. The van der Waals surface area contributed by atoms with Gasteiger partial charge in [0.1, 0.15) is 5.82 Å². The van der Waals surface area contributed by atoms with Crippen molar-refractivity contribution in [2.75, 3.05) is 11.3 Å². The Kier molecular flexibility index (Phi) is 4.34. The lowest BCUT2D eigenvalue weighted by Gasteiger charge is -2.05. The van der Waals surface area contributed by atoms with E-state index in [0.29, 0.717) is 0 Å². The predicted molar refractivity (Wildman–Crippen MR) is 75.3 cm³/mol. The first-order valence-corrected chi connectivity index (χ1v) is 7.80. The van der Waals surface area contributed by atoms with Crippen LogP contribution in [0.25, 0.3) is 0 Å². The minimum atomic E-state index is -3.86. The number of nitrogens with zero attached hydrogens (tertiary/aromatic N) is 1. The Morgan fingerprint density at radius 1 is 1.45 bits per heavy atom. The second-order valence-electron chi connectivity index (χ2n) is 3.59. The third-order valence-electron chi connectivity index (χ3n) is 2.23. The molecule has 104 valence electrons. The van der Waals surface area contributed by atoms with Crippen LogP contribution in [0.5, 0.6) is 0 Å². The van der Waals surface area contributed by atoms with Crippen LogP contribution in [0.1, 0.15) is 5.56 Å². The van der Waals surface area contributed by atoms with E-state index >= 15 is 0 Å². The van der Waals surface area contributed by atoms with Gasteiger partial charge in [0.2, 0.25) is 0 Å². The summed E-state index contributed by atoms with van der Waals surface area (Å²) in [5.74, 6) is 4.31. The summed E-state index contributed by atoms with van der Waals surface area (Å²) in [6, 6.07) is 3.49. The maximum Gasteiger partial charge on any atom is 0.263 e. The number of benzene rings is 1. The highest BCUT2D eigenvalue weighted by molar-refractivity contribution is 7.93. The summed E-state index contributed by atoms with van der Waals surface area (Å²) < 4.78 is 40.0. The minimum Gasteiger partial charge on any atom is -0.320 e. The van der Waals surface area contributed by atoms with Gasteiger partial charge in [-0.15, -0.1) is 11.3 Å². The van der Waals surface area contributed by atoms with Crippen LogP contribution >= 0.6 is 11.3 Å². The Morgan fingerprint density at radius 2 is 2.25 bits per heavy atom. The molecule has 0 atom stereocenters. The maximum absolute atomic E-state index is 13.7. The summed E-state index contributed by atoms with van der Waals surface area (Å²) in [5, 5.41) is 1.85. The Labute approximate surface area is 119 Å². The van der Waals surface area contributed by atoms with E-state index in [9.17, 15) is 12.8 Å². The van der Waals surface area contributed by atoms with Crippen molar-refractivity contribution in [3.05, 3.63) is 41.2 Å². The Balaban J connectivity index is 2.31. The number of thiazole rings is 1. The zero-order valence-corrected chi connectivity index (χ0v) is 11.8. The van der Waals surface area contributed by atoms with Crippen molar-refractivity contribution in [2.24, 2.45) is 5.73 Å². The molecule has 0 unspecified atom stereocenters. The topological polar surface area (TPSA) is 85.1 Å². The van der Waals surface area contributed by atoms with Gasteiger partial charge < -0.3 is 5.73 Å². The molecule has 20 heavy (non-hydrogen) atoms. The van der Waals surface area contributed by atoms with Crippen molar-refractivity contribution < 1.29 is 12.8 Å². The van der Waals surface area contributed by atoms with Gasteiger partial charge in [-0.25, -0.2) is 17.8 Å². The third kappa shape index (κ3) is 3.33. The summed E-state index contributed by atoms with van der Waals surface area (Å²) >= 11 is 1.13. The van der Waals surface area contributed by atoms with Crippen LogP contribution < -0.4 is 10.5 Å². The first-order chi connectivity index (χ1) is 9.53. The van der Waals surface area contributed by atoms with E-state index < -0.39 is 15.8 Å². The standard InChI is InChI=1S/C12H10FN3O2S2/c13-11-8-10(4-3-9(11)2-1-5-14)20(17,18)16-12-15-6-7-19-12/h3-4,6-8H,5,14H2,(H,15,16). The number of aromatic nitrogens is 1.